The first-order valence-electron chi connectivity index (χ1n) is 5.68. The van der Waals surface area contributed by atoms with Gasteiger partial charge in [0.2, 0.25) is 0 Å². The summed E-state index contributed by atoms with van der Waals surface area (Å²) in [5.41, 5.74) is 1.01. The van der Waals surface area contributed by atoms with E-state index in [0.29, 0.717) is 12.1 Å². The number of aromatic nitrogens is 2. The SMILES string of the molecule is CCc1nn(-c2cc(F)cc(F)c2)cc1C(=O)OC. The fourth-order valence-corrected chi connectivity index (χ4v) is 1.76. The maximum Gasteiger partial charge on any atom is 0.341 e. The van der Waals surface area contributed by atoms with Gasteiger partial charge in [-0.1, -0.05) is 6.92 Å². The van der Waals surface area contributed by atoms with E-state index in [-0.39, 0.29) is 11.3 Å². The molecule has 6 heteroatoms. The molecule has 0 radical (unpaired) electrons. The second kappa shape index (κ2) is 5.17. The first kappa shape index (κ1) is 13.2. The third-order valence-corrected chi connectivity index (χ3v) is 2.64. The molecule has 0 atom stereocenters. The molecular weight excluding hydrogens is 254 g/mol. The number of halogens is 2. The third-order valence-electron chi connectivity index (χ3n) is 2.64. The number of ether oxygens (including phenoxy) is 1. The van der Waals surface area contributed by atoms with Gasteiger partial charge in [0.25, 0.3) is 0 Å². The molecule has 0 saturated carbocycles. The van der Waals surface area contributed by atoms with Crippen LogP contribution in [0.2, 0.25) is 0 Å². The summed E-state index contributed by atoms with van der Waals surface area (Å²) >= 11 is 0. The number of carbonyl (C=O) groups excluding carboxylic acids is 1. The lowest BCUT2D eigenvalue weighted by molar-refractivity contribution is 0.0599. The highest BCUT2D eigenvalue weighted by Gasteiger charge is 2.16. The van der Waals surface area contributed by atoms with Gasteiger partial charge in [0.05, 0.1) is 18.5 Å². The van der Waals surface area contributed by atoms with Gasteiger partial charge in [-0.25, -0.2) is 18.3 Å². The first-order valence-corrected chi connectivity index (χ1v) is 5.68. The van der Waals surface area contributed by atoms with Gasteiger partial charge in [-0.05, 0) is 18.6 Å². The largest absolute Gasteiger partial charge is 0.465 e. The van der Waals surface area contributed by atoms with Gasteiger partial charge < -0.3 is 4.74 Å². The number of carbonyl (C=O) groups is 1. The van der Waals surface area contributed by atoms with Gasteiger partial charge in [-0.15, -0.1) is 0 Å². The maximum absolute atomic E-state index is 13.2. The van der Waals surface area contributed by atoms with Crippen molar-refractivity contribution in [2.45, 2.75) is 13.3 Å². The van der Waals surface area contributed by atoms with Crippen LogP contribution in [0.1, 0.15) is 23.0 Å². The van der Waals surface area contributed by atoms with Crippen LogP contribution in [-0.4, -0.2) is 22.9 Å². The molecule has 2 rings (SSSR count). The van der Waals surface area contributed by atoms with Crippen LogP contribution in [0.15, 0.2) is 24.4 Å². The molecular formula is C13H12F2N2O2. The average molecular weight is 266 g/mol. The number of hydrogen-bond acceptors (Lipinski definition) is 3. The van der Waals surface area contributed by atoms with E-state index >= 15 is 0 Å². The van der Waals surface area contributed by atoms with Gasteiger partial charge in [-0.3, -0.25) is 0 Å². The Hall–Kier alpha value is -2.24. The first-order chi connectivity index (χ1) is 9.05. The van der Waals surface area contributed by atoms with Crippen LogP contribution in [0.4, 0.5) is 8.78 Å². The lowest BCUT2D eigenvalue weighted by Gasteiger charge is -2.01. The average Bonchev–Trinajstić information content (AvgIpc) is 2.80. The van der Waals surface area contributed by atoms with Crippen molar-refractivity contribution in [2.24, 2.45) is 0 Å². The summed E-state index contributed by atoms with van der Waals surface area (Å²) < 4.78 is 32.2. The Balaban J connectivity index is 2.51. The highest BCUT2D eigenvalue weighted by Crippen LogP contribution is 2.16. The molecule has 2 aromatic rings. The van der Waals surface area contributed by atoms with Crippen molar-refractivity contribution in [1.82, 2.24) is 9.78 Å². The van der Waals surface area contributed by atoms with Gasteiger partial charge in [-0.2, -0.15) is 5.10 Å². The fraction of sp³-hybridized carbons (Fsp3) is 0.231. The zero-order chi connectivity index (χ0) is 14.0. The number of aryl methyl sites for hydroxylation is 1. The Kier molecular flexibility index (Phi) is 3.59. The molecule has 0 aliphatic rings. The van der Waals surface area contributed by atoms with Crippen LogP contribution in [-0.2, 0) is 11.2 Å². The Morgan fingerprint density at radius 3 is 2.47 bits per heavy atom. The zero-order valence-electron chi connectivity index (χ0n) is 10.5. The summed E-state index contributed by atoms with van der Waals surface area (Å²) in [7, 11) is 1.26. The molecule has 0 saturated heterocycles. The molecule has 1 aromatic carbocycles. The van der Waals surface area contributed by atoms with Crippen LogP contribution in [0.25, 0.3) is 5.69 Å². The van der Waals surface area contributed by atoms with Crippen LogP contribution in [0.3, 0.4) is 0 Å². The summed E-state index contributed by atoms with van der Waals surface area (Å²) in [5, 5.41) is 4.13. The monoisotopic (exact) mass is 266 g/mol. The molecule has 0 bridgehead atoms. The molecule has 4 nitrogen and oxygen atoms in total. The minimum atomic E-state index is -0.705. The van der Waals surface area contributed by atoms with Crippen molar-refractivity contribution in [3.8, 4) is 5.69 Å². The van der Waals surface area contributed by atoms with Crippen molar-refractivity contribution in [1.29, 1.82) is 0 Å². The van der Waals surface area contributed by atoms with Crippen LogP contribution in [0.5, 0.6) is 0 Å². The molecule has 0 aliphatic heterocycles. The molecule has 19 heavy (non-hydrogen) atoms. The predicted molar refractivity (Wildman–Crippen MR) is 64.2 cm³/mol. The van der Waals surface area contributed by atoms with E-state index in [0.717, 1.165) is 18.2 Å². The summed E-state index contributed by atoms with van der Waals surface area (Å²) in [6, 6.07) is 3.04. The molecule has 1 aromatic heterocycles. The second-order valence-electron chi connectivity index (χ2n) is 3.91. The zero-order valence-corrected chi connectivity index (χ0v) is 10.5. The van der Waals surface area contributed by atoms with E-state index in [4.69, 9.17) is 0 Å². The van der Waals surface area contributed by atoms with Crippen molar-refractivity contribution in [2.75, 3.05) is 7.11 Å². The number of hydrogen-bond donors (Lipinski definition) is 0. The highest BCUT2D eigenvalue weighted by atomic mass is 19.1. The molecule has 0 spiro atoms. The predicted octanol–water partition coefficient (Wildman–Crippen LogP) is 2.50. The quantitative estimate of drug-likeness (QED) is 0.802. The lowest BCUT2D eigenvalue weighted by Crippen LogP contribution is -2.02. The third kappa shape index (κ3) is 2.62. The summed E-state index contributed by atoms with van der Waals surface area (Å²) in [5.74, 6) is -1.94. The maximum atomic E-state index is 13.2. The van der Waals surface area contributed by atoms with Crippen LogP contribution >= 0.6 is 0 Å². The van der Waals surface area contributed by atoms with Gasteiger partial charge in [0.1, 0.15) is 17.2 Å². The number of methoxy groups -OCH3 is 1. The van der Waals surface area contributed by atoms with E-state index in [1.165, 1.54) is 18.0 Å². The molecule has 0 amide bonds. The van der Waals surface area contributed by atoms with E-state index in [9.17, 15) is 13.6 Å². The summed E-state index contributed by atoms with van der Waals surface area (Å²) in [4.78, 5) is 11.5. The highest BCUT2D eigenvalue weighted by molar-refractivity contribution is 5.90. The normalized spacial score (nSPS) is 10.5. The Morgan fingerprint density at radius 2 is 1.95 bits per heavy atom. The van der Waals surface area contributed by atoms with E-state index < -0.39 is 17.6 Å². The fourth-order valence-electron chi connectivity index (χ4n) is 1.76. The van der Waals surface area contributed by atoms with Crippen LogP contribution < -0.4 is 0 Å². The van der Waals surface area contributed by atoms with Crippen molar-refractivity contribution < 1.29 is 18.3 Å². The molecule has 0 unspecified atom stereocenters. The van der Waals surface area contributed by atoms with Gasteiger partial charge in [0, 0.05) is 12.3 Å². The van der Waals surface area contributed by atoms with Gasteiger partial charge >= 0.3 is 5.97 Å². The Bertz CT molecular complexity index is 603. The number of benzene rings is 1. The lowest BCUT2D eigenvalue weighted by atomic mass is 10.2. The number of nitrogens with zero attached hydrogens (tertiary/aromatic N) is 2. The minimum Gasteiger partial charge on any atom is -0.465 e. The molecule has 0 N–H and O–H groups in total. The smallest absolute Gasteiger partial charge is 0.341 e. The Labute approximate surface area is 108 Å². The van der Waals surface area contributed by atoms with Crippen LogP contribution in [0, 0.1) is 11.6 Å². The van der Waals surface area contributed by atoms with Crippen molar-refractivity contribution in [3.63, 3.8) is 0 Å². The summed E-state index contributed by atoms with van der Waals surface area (Å²) in [6.45, 7) is 1.82. The van der Waals surface area contributed by atoms with E-state index in [1.807, 2.05) is 6.92 Å². The molecule has 100 valence electrons. The van der Waals surface area contributed by atoms with E-state index in [2.05, 4.69) is 9.84 Å². The van der Waals surface area contributed by atoms with Crippen molar-refractivity contribution >= 4 is 5.97 Å². The van der Waals surface area contributed by atoms with Gasteiger partial charge in [0.15, 0.2) is 0 Å². The Morgan fingerprint density at radius 1 is 1.32 bits per heavy atom. The standard InChI is InChI=1S/C13H12F2N2O2/c1-3-12-11(13(18)19-2)7-17(16-12)10-5-8(14)4-9(15)6-10/h4-7H,3H2,1-2H3. The number of esters is 1. The second-order valence-corrected chi connectivity index (χ2v) is 3.91. The summed E-state index contributed by atoms with van der Waals surface area (Å²) in [6.07, 6.45) is 1.91. The van der Waals surface area contributed by atoms with Crippen molar-refractivity contribution in [3.05, 3.63) is 47.3 Å². The molecule has 0 aliphatic carbocycles. The molecule has 1 heterocycles. The topological polar surface area (TPSA) is 44.1 Å². The minimum absolute atomic E-state index is 0.211. The van der Waals surface area contributed by atoms with E-state index in [1.54, 1.807) is 0 Å². The number of rotatable bonds is 3. The molecule has 0 fully saturated rings.